The molecule has 0 fully saturated rings. The molecule has 0 radical (unpaired) electrons. The maximum Gasteiger partial charge on any atom is 0.234 e. The van der Waals surface area contributed by atoms with Crippen molar-refractivity contribution in [3.05, 3.63) is 81.5 Å². The molecule has 10 nitrogen and oxygen atoms in total. The van der Waals surface area contributed by atoms with Gasteiger partial charge in [0.05, 0.1) is 23.3 Å². The summed E-state index contributed by atoms with van der Waals surface area (Å²) in [4.78, 5) is 38.5. The molecule has 0 saturated heterocycles. The number of nitrogens with one attached hydrogen (secondary N) is 2. The van der Waals surface area contributed by atoms with Gasteiger partial charge in [-0.1, -0.05) is 40.8 Å². The quantitative estimate of drug-likeness (QED) is 0.296. The molecule has 1 aliphatic carbocycles. The van der Waals surface area contributed by atoms with Gasteiger partial charge in [0, 0.05) is 46.6 Å². The Morgan fingerprint density at radius 1 is 1.19 bits per heavy atom. The monoisotopic (exact) mass is 623 g/mol. The van der Waals surface area contributed by atoms with Crippen molar-refractivity contribution in [3.63, 3.8) is 0 Å². The van der Waals surface area contributed by atoms with Crippen molar-refractivity contribution in [2.24, 2.45) is 5.73 Å². The number of nitriles is 1. The molecule has 14 heteroatoms. The number of benzene rings is 2. The molecule has 3 aromatic rings. The fraction of sp³-hybridized carbons (Fsp3) is 0.214. The van der Waals surface area contributed by atoms with E-state index in [1.165, 1.54) is 30.0 Å². The number of nitrogens with two attached hydrogens (primary N) is 1. The van der Waals surface area contributed by atoms with Crippen molar-refractivity contribution in [1.82, 2.24) is 10.2 Å². The molecule has 0 saturated carbocycles. The van der Waals surface area contributed by atoms with E-state index in [1.54, 1.807) is 24.3 Å². The van der Waals surface area contributed by atoms with Gasteiger partial charge in [-0.3, -0.25) is 19.3 Å². The number of aromatic nitrogens is 2. The number of halogens is 2. The second-order valence-electron chi connectivity index (χ2n) is 9.40. The van der Waals surface area contributed by atoms with Crippen LogP contribution in [0.3, 0.4) is 0 Å². The zero-order valence-corrected chi connectivity index (χ0v) is 24.5. The van der Waals surface area contributed by atoms with Crippen molar-refractivity contribution in [1.29, 1.82) is 5.26 Å². The van der Waals surface area contributed by atoms with Crippen LogP contribution in [0.15, 0.2) is 69.5 Å². The van der Waals surface area contributed by atoms with Crippen LogP contribution in [0.1, 0.15) is 37.7 Å². The number of hydrogen-bond acceptors (Lipinski definition) is 10. The van der Waals surface area contributed by atoms with Gasteiger partial charge in [0.15, 0.2) is 10.1 Å². The van der Waals surface area contributed by atoms with Crippen LogP contribution in [0, 0.1) is 17.1 Å². The fourth-order valence-electron chi connectivity index (χ4n) is 4.90. The molecule has 1 unspecified atom stereocenters. The highest BCUT2D eigenvalue weighted by Gasteiger charge is 2.43. The number of thioether (sulfide) groups is 1. The largest absolute Gasteiger partial charge is 0.384 e. The fourth-order valence-corrected chi connectivity index (χ4v) is 6.85. The van der Waals surface area contributed by atoms with Crippen LogP contribution >= 0.6 is 34.7 Å². The van der Waals surface area contributed by atoms with E-state index in [0.29, 0.717) is 39.4 Å². The third-order valence-electron chi connectivity index (χ3n) is 6.60. The van der Waals surface area contributed by atoms with E-state index in [1.807, 2.05) is 0 Å². The van der Waals surface area contributed by atoms with Gasteiger partial charge in [0.2, 0.25) is 16.9 Å². The topological polar surface area (TPSA) is 154 Å². The number of allylic oxidation sites excluding steroid dienone is 3. The minimum atomic E-state index is -1.04. The van der Waals surface area contributed by atoms with E-state index in [-0.39, 0.29) is 57.3 Å². The Hall–Kier alpha value is -4.25. The number of rotatable bonds is 7. The third kappa shape index (κ3) is 5.87. The lowest BCUT2D eigenvalue weighted by molar-refractivity contribution is -0.116. The van der Waals surface area contributed by atoms with Gasteiger partial charge in [-0.05, 0) is 49.2 Å². The molecular formula is C28H23ClFN7O3S2. The lowest BCUT2D eigenvalue weighted by Gasteiger charge is -2.38. The smallest absolute Gasteiger partial charge is 0.234 e. The number of amides is 2. The number of anilines is 3. The summed E-state index contributed by atoms with van der Waals surface area (Å²) >= 11 is 8.68. The van der Waals surface area contributed by atoms with Crippen LogP contribution in [0.2, 0.25) is 5.02 Å². The SMILES string of the molecule is CC(=O)Nc1ccc(NC(=O)CSc2nnc(N3C(N)=C(C#N)C(c4c(F)cccc4Cl)C4=C3CCCC4=O)s2)cc1. The number of carbonyl (C=O) groups excluding carboxylic acids is 3. The predicted molar refractivity (Wildman–Crippen MR) is 159 cm³/mol. The Balaban J connectivity index is 1.38. The first-order valence-corrected chi connectivity index (χ1v) is 14.9. The number of carbonyl (C=O) groups is 3. The van der Waals surface area contributed by atoms with E-state index in [0.717, 1.165) is 23.1 Å². The number of Topliss-reactive ketones (excluding diaryl/α,β-unsaturated/α-hetero) is 1. The minimum Gasteiger partial charge on any atom is -0.384 e. The molecule has 2 aromatic carbocycles. The first-order chi connectivity index (χ1) is 20.2. The van der Waals surface area contributed by atoms with Crippen LogP contribution in [0.5, 0.6) is 0 Å². The van der Waals surface area contributed by atoms with Gasteiger partial charge in [-0.25, -0.2) is 4.39 Å². The molecule has 2 heterocycles. The second kappa shape index (κ2) is 12.3. The minimum absolute atomic E-state index is 0.00991. The summed E-state index contributed by atoms with van der Waals surface area (Å²) in [6, 6.07) is 13.0. The Morgan fingerprint density at radius 2 is 1.90 bits per heavy atom. The van der Waals surface area contributed by atoms with Gasteiger partial charge in [-0.2, -0.15) is 5.26 Å². The molecule has 1 aliphatic heterocycles. The summed E-state index contributed by atoms with van der Waals surface area (Å²) in [6.07, 6.45) is 1.25. The molecule has 2 aliphatic rings. The lowest BCUT2D eigenvalue weighted by Crippen LogP contribution is -2.39. The molecule has 0 spiro atoms. The average Bonchev–Trinajstić information content (AvgIpc) is 3.41. The summed E-state index contributed by atoms with van der Waals surface area (Å²) in [5, 5.41) is 24.4. The molecule has 4 N–H and O–H groups in total. The highest BCUT2D eigenvalue weighted by atomic mass is 35.5. The lowest BCUT2D eigenvalue weighted by atomic mass is 9.75. The zero-order chi connectivity index (χ0) is 30.0. The summed E-state index contributed by atoms with van der Waals surface area (Å²) in [6.45, 7) is 1.41. The first kappa shape index (κ1) is 29.2. The van der Waals surface area contributed by atoms with Crippen LogP contribution in [0.25, 0.3) is 0 Å². The Bertz CT molecular complexity index is 1680. The van der Waals surface area contributed by atoms with Gasteiger partial charge in [0.25, 0.3) is 0 Å². The molecule has 1 aromatic heterocycles. The van der Waals surface area contributed by atoms with E-state index in [9.17, 15) is 19.6 Å². The molecule has 42 heavy (non-hydrogen) atoms. The van der Waals surface area contributed by atoms with Crippen LogP contribution < -0.4 is 21.3 Å². The van der Waals surface area contributed by atoms with Crippen LogP contribution in [0.4, 0.5) is 20.9 Å². The normalized spacial score (nSPS) is 16.7. The highest BCUT2D eigenvalue weighted by molar-refractivity contribution is 8.01. The zero-order valence-electron chi connectivity index (χ0n) is 22.1. The molecule has 2 amide bonds. The van der Waals surface area contributed by atoms with E-state index >= 15 is 4.39 Å². The highest BCUT2D eigenvalue weighted by Crippen LogP contribution is 2.48. The summed E-state index contributed by atoms with van der Waals surface area (Å²) in [5.41, 5.74) is 8.52. The maximum absolute atomic E-state index is 15.1. The maximum atomic E-state index is 15.1. The third-order valence-corrected chi connectivity index (χ3v) is 8.98. The van der Waals surface area contributed by atoms with Crippen LogP contribution in [-0.4, -0.2) is 33.5 Å². The second-order valence-corrected chi connectivity index (χ2v) is 12.0. The summed E-state index contributed by atoms with van der Waals surface area (Å²) in [7, 11) is 0. The van der Waals surface area contributed by atoms with Crippen LogP contribution in [-0.2, 0) is 14.4 Å². The van der Waals surface area contributed by atoms with E-state index in [2.05, 4.69) is 26.9 Å². The van der Waals surface area contributed by atoms with Crippen molar-refractivity contribution in [3.8, 4) is 6.07 Å². The standard InChI is InChI=1S/C28H23ClFN7O3S2/c1-14(38)33-15-8-10-16(11-9-15)34-22(40)13-41-28-36-35-27(42-28)37-20-6-3-7-21(39)25(20)23(17(12-31)26(37)32)24-18(29)4-2-5-19(24)30/h2,4-5,8-11,23H,3,6-7,13,32H2,1H3,(H,33,38)(H,34,40). The van der Waals surface area contributed by atoms with Crippen molar-refractivity contribution >= 4 is 68.8 Å². The molecule has 1 atom stereocenters. The van der Waals surface area contributed by atoms with Gasteiger partial charge in [-0.15, -0.1) is 10.2 Å². The van der Waals surface area contributed by atoms with E-state index < -0.39 is 11.7 Å². The Morgan fingerprint density at radius 3 is 2.57 bits per heavy atom. The van der Waals surface area contributed by atoms with Crippen molar-refractivity contribution in [2.45, 2.75) is 36.4 Å². The van der Waals surface area contributed by atoms with Crippen molar-refractivity contribution in [2.75, 3.05) is 21.3 Å². The van der Waals surface area contributed by atoms with Gasteiger partial charge < -0.3 is 16.4 Å². The Labute approximate surface area is 253 Å². The molecular weight excluding hydrogens is 601 g/mol. The van der Waals surface area contributed by atoms with E-state index in [4.69, 9.17) is 17.3 Å². The van der Waals surface area contributed by atoms with Gasteiger partial charge in [0.1, 0.15) is 11.6 Å². The number of ketones is 1. The molecule has 5 rings (SSSR count). The van der Waals surface area contributed by atoms with Crippen molar-refractivity contribution < 1.29 is 18.8 Å². The summed E-state index contributed by atoms with van der Waals surface area (Å²) < 4.78 is 15.5. The predicted octanol–water partition coefficient (Wildman–Crippen LogP) is 5.32. The molecule has 214 valence electrons. The summed E-state index contributed by atoms with van der Waals surface area (Å²) in [5.74, 6) is -2.31. The average molecular weight is 624 g/mol. The number of nitrogens with zero attached hydrogens (tertiary/aromatic N) is 4. The van der Waals surface area contributed by atoms with Gasteiger partial charge >= 0.3 is 0 Å². The number of hydrogen-bond donors (Lipinski definition) is 3. The molecule has 0 bridgehead atoms. The first-order valence-electron chi connectivity index (χ1n) is 12.7. The Kier molecular flexibility index (Phi) is 8.58.